The van der Waals surface area contributed by atoms with Crippen LogP contribution in [0.25, 0.3) is 0 Å². The number of hydrogen-bond donors (Lipinski definition) is 1. The fraction of sp³-hybridized carbons (Fsp3) is 0.462. The third-order valence-corrected chi connectivity index (χ3v) is 8.45. The number of amides is 2. The highest BCUT2D eigenvalue weighted by Gasteiger charge is 2.31. The Morgan fingerprint density at radius 2 is 1.88 bits per heavy atom. The Morgan fingerprint density at radius 3 is 2.71 bits per heavy atom. The van der Waals surface area contributed by atoms with Crippen molar-refractivity contribution < 1.29 is 18.0 Å². The fourth-order valence-corrected chi connectivity index (χ4v) is 6.34. The molecule has 2 heterocycles. The van der Waals surface area contributed by atoms with Crippen molar-refractivity contribution in [3.63, 3.8) is 0 Å². The molecule has 34 heavy (non-hydrogen) atoms. The van der Waals surface area contributed by atoms with Gasteiger partial charge in [-0.1, -0.05) is 37.6 Å². The number of aryl methyl sites for hydroxylation is 1. The molecule has 0 aromatic heterocycles. The van der Waals surface area contributed by atoms with Gasteiger partial charge in [0, 0.05) is 31.7 Å². The van der Waals surface area contributed by atoms with Crippen LogP contribution in [0.15, 0.2) is 53.4 Å². The summed E-state index contributed by atoms with van der Waals surface area (Å²) in [6.07, 6.45) is 5.06. The first-order valence-electron chi connectivity index (χ1n) is 12.2. The van der Waals surface area contributed by atoms with Gasteiger partial charge in [-0.15, -0.1) is 0 Å². The van der Waals surface area contributed by atoms with Gasteiger partial charge >= 0.3 is 0 Å². The molecule has 1 unspecified atom stereocenters. The molecule has 1 N–H and O–H groups in total. The quantitative estimate of drug-likeness (QED) is 0.610. The minimum Gasteiger partial charge on any atom is -0.356 e. The molecule has 2 aromatic carbocycles. The van der Waals surface area contributed by atoms with Crippen LogP contribution in [0.3, 0.4) is 0 Å². The van der Waals surface area contributed by atoms with E-state index in [0.29, 0.717) is 37.4 Å². The van der Waals surface area contributed by atoms with Crippen molar-refractivity contribution >= 4 is 27.5 Å². The van der Waals surface area contributed by atoms with E-state index in [1.165, 1.54) is 10.4 Å². The molecule has 1 saturated heterocycles. The predicted octanol–water partition coefficient (Wildman–Crippen LogP) is 3.60. The monoisotopic (exact) mass is 483 g/mol. The molecule has 2 aliphatic heterocycles. The summed E-state index contributed by atoms with van der Waals surface area (Å²) in [6.45, 7) is 4.06. The summed E-state index contributed by atoms with van der Waals surface area (Å²) in [5.41, 5.74) is 2.05. The highest BCUT2D eigenvalue weighted by atomic mass is 32.2. The Bertz CT molecular complexity index is 1150. The molecule has 2 amide bonds. The van der Waals surface area contributed by atoms with Crippen molar-refractivity contribution in [2.45, 2.75) is 50.3 Å². The Balaban J connectivity index is 1.51. The molecule has 182 valence electrons. The molecule has 0 radical (unpaired) electrons. The van der Waals surface area contributed by atoms with E-state index >= 15 is 0 Å². The average Bonchev–Trinajstić information content (AvgIpc) is 2.88. The molecule has 2 aromatic rings. The second-order valence-corrected chi connectivity index (χ2v) is 10.9. The molecule has 0 saturated carbocycles. The van der Waals surface area contributed by atoms with Crippen LogP contribution in [0, 0.1) is 5.92 Å². The number of fused-ring (bicyclic) bond motifs is 1. The van der Waals surface area contributed by atoms with Crippen molar-refractivity contribution in [1.29, 1.82) is 0 Å². The second kappa shape index (κ2) is 10.6. The van der Waals surface area contributed by atoms with Crippen LogP contribution in [0.5, 0.6) is 0 Å². The van der Waals surface area contributed by atoms with E-state index in [4.69, 9.17) is 0 Å². The maximum atomic E-state index is 13.5. The zero-order valence-electron chi connectivity index (χ0n) is 19.7. The highest BCUT2D eigenvalue weighted by molar-refractivity contribution is 7.92. The number of unbranched alkanes of at least 4 members (excludes halogenated alkanes) is 1. The van der Waals surface area contributed by atoms with Crippen LogP contribution in [-0.2, 0) is 21.2 Å². The summed E-state index contributed by atoms with van der Waals surface area (Å²) in [5.74, 6) is -0.473. The highest BCUT2D eigenvalue weighted by Crippen LogP contribution is 2.32. The van der Waals surface area contributed by atoms with Crippen LogP contribution in [0.4, 0.5) is 5.69 Å². The summed E-state index contributed by atoms with van der Waals surface area (Å²) >= 11 is 0. The van der Waals surface area contributed by atoms with Gasteiger partial charge in [-0.05, 0) is 61.9 Å². The molecule has 2 aliphatic rings. The molecule has 0 aliphatic carbocycles. The van der Waals surface area contributed by atoms with E-state index in [9.17, 15) is 18.0 Å². The number of anilines is 1. The number of benzene rings is 2. The Morgan fingerprint density at radius 1 is 1.06 bits per heavy atom. The van der Waals surface area contributed by atoms with Crippen LogP contribution in [0.2, 0.25) is 0 Å². The van der Waals surface area contributed by atoms with E-state index in [0.717, 1.165) is 44.1 Å². The standard InChI is InChI=1S/C26H33N3O4S/c1-2-3-15-27-25(30)22-12-7-16-28(19-22)26(31)21-10-6-13-23(18-21)34(32,33)29-17-8-11-20-9-4-5-14-24(20)29/h4-6,9-10,13-14,18,22H,2-3,7-8,11-12,15-17,19H2,1H3,(H,27,30). The number of nitrogens with one attached hydrogen (secondary N) is 1. The van der Waals surface area contributed by atoms with Crippen LogP contribution in [0.1, 0.15) is 54.9 Å². The Hall–Kier alpha value is -2.87. The number of carbonyl (C=O) groups excluding carboxylic acids is 2. The average molecular weight is 484 g/mol. The maximum absolute atomic E-state index is 13.5. The number of hydrogen-bond acceptors (Lipinski definition) is 4. The lowest BCUT2D eigenvalue weighted by Crippen LogP contribution is -2.45. The first kappa shape index (κ1) is 24.3. The van der Waals surface area contributed by atoms with Crippen molar-refractivity contribution in [3.8, 4) is 0 Å². The van der Waals surface area contributed by atoms with Crippen molar-refractivity contribution in [1.82, 2.24) is 10.2 Å². The molecule has 7 nitrogen and oxygen atoms in total. The number of piperidine rings is 1. The molecular weight excluding hydrogens is 450 g/mol. The smallest absolute Gasteiger partial charge is 0.264 e. The minimum absolute atomic E-state index is 0.00829. The molecule has 1 atom stereocenters. The van der Waals surface area contributed by atoms with Gasteiger partial charge in [-0.2, -0.15) is 0 Å². The summed E-state index contributed by atoms with van der Waals surface area (Å²) in [6, 6.07) is 13.8. The molecule has 4 rings (SSSR count). The van der Waals surface area contributed by atoms with Crippen molar-refractivity contribution in [2.75, 3.05) is 30.5 Å². The zero-order chi connectivity index (χ0) is 24.1. The number of likely N-dealkylation sites (tertiary alicyclic amines) is 1. The van der Waals surface area contributed by atoms with Gasteiger partial charge in [0.05, 0.1) is 16.5 Å². The lowest BCUT2D eigenvalue weighted by molar-refractivity contribution is -0.126. The Labute approximate surface area is 202 Å². The summed E-state index contributed by atoms with van der Waals surface area (Å²) in [4.78, 5) is 27.6. The number of carbonyl (C=O) groups is 2. The Kier molecular flexibility index (Phi) is 7.56. The summed E-state index contributed by atoms with van der Waals surface area (Å²) in [7, 11) is -3.80. The van der Waals surface area contributed by atoms with E-state index < -0.39 is 10.0 Å². The number of para-hydroxylation sites is 1. The van der Waals surface area contributed by atoms with E-state index in [2.05, 4.69) is 12.2 Å². The van der Waals surface area contributed by atoms with Gasteiger partial charge < -0.3 is 10.2 Å². The summed E-state index contributed by atoms with van der Waals surface area (Å²) in [5, 5.41) is 2.96. The molecule has 0 bridgehead atoms. The predicted molar refractivity (Wildman–Crippen MR) is 132 cm³/mol. The SMILES string of the molecule is CCCCNC(=O)C1CCCN(C(=O)c2cccc(S(=O)(=O)N3CCCc4ccccc43)c2)C1. The molecule has 0 spiro atoms. The van der Waals surface area contributed by atoms with E-state index in [-0.39, 0.29) is 22.6 Å². The van der Waals surface area contributed by atoms with E-state index in [1.807, 2.05) is 24.3 Å². The van der Waals surface area contributed by atoms with Crippen LogP contribution >= 0.6 is 0 Å². The minimum atomic E-state index is -3.80. The summed E-state index contributed by atoms with van der Waals surface area (Å²) < 4.78 is 28.5. The van der Waals surface area contributed by atoms with Crippen LogP contribution < -0.4 is 9.62 Å². The largest absolute Gasteiger partial charge is 0.356 e. The topological polar surface area (TPSA) is 86.8 Å². The van der Waals surface area contributed by atoms with Gasteiger partial charge in [0.2, 0.25) is 5.91 Å². The number of nitrogens with zero attached hydrogens (tertiary/aromatic N) is 2. The second-order valence-electron chi connectivity index (χ2n) is 9.07. The van der Waals surface area contributed by atoms with Gasteiger partial charge in [0.25, 0.3) is 15.9 Å². The van der Waals surface area contributed by atoms with Gasteiger partial charge in [-0.25, -0.2) is 8.42 Å². The third kappa shape index (κ3) is 5.12. The van der Waals surface area contributed by atoms with E-state index in [1.54, 1.807) is 23.1 Å². The lowest BCUT2D eigenvalue weighted by Gasteiger charge is -2.32. The maximum Gasteiger partial charge on any atom is 0.264 e. The van der Waals surface area contributed by atoms with Crippen LogP contribution in [-0.4, -0.2) is 51.3 Å². The number of rotatable bonds is 7. The zero-order valence-corrected chi connectivity index (χ0v) is 20.5. The first-order valence-corrected chi connectivity index (χ1v) is 13.6. The fourth-order valence-electron chi connectivity index (χ4n) is 4.76. The molecule has 8 heteroatoms. The normalized spacial score (nSPS) is 18.3. The van der Waals surface area contributed by atoms with Gasteiger partial charge in [0.1, 0.15) is 0 Å². The van der Waals surface area contributed by atoms with Gasteiger partial charge in [-0.3, -0.25) is 13.9 Å². The molecule has 1 fully saturated rings. The third-order valence-electron chi connectivity index (χ3n) is 6.65. The lowest BCUT2D eigenvalue weighted by atomic mass is 9.96. The van der Waals surface area contributed by atoms with Crippen molar-refractivity contribution in [3.05, 3.63) is 59.7 Å². The van der Waals surface area contributed by atoms with Gasteiger partial charge in [0.15, 0.2) is 0 Å². The molecular formula is C26H33N3O4S. The first-order chi connectivity index (χ1) is 16.4. The van der Waals surface area contributed by atoms with Crippen molar-refractivity contribution in [2.24, 2.45) is 5.92 Å². The number of sulfonamides is 1.